The minimum Gasteiger partial charge on any atom is -0.388 e. The van der Waals surface area contributed by atoms with E-state index in [4.69, 9.17) is 11.6 Å². The van der Waals surface area contributed by atoms with Crippen LogP contribution < -0.4 is 0 Å². The van der Waals surface area contributed by atoms with Gasteiger partial charge in [-0.15, -0.1) is 0 Å². The normalized spacial score (nSPS) is 12.5. The first kappa shape index (κ1) is 14.1. The zero-order valence-corrected chi connectivity index (χ0v) is 12.0. The second-order valence-electron chi connectivity index (χ2n) is 5.07. The molecular weight excluding hydrogens is 287 g/mol. The third-order valence-corrected chi connectivity index (χ3v) is 3.90. The third kappa shape index (κ3) is 3.07. The van der Waals surface area contributed by atoms with Crippen molar-refractivity contribution in [1.29, 1.82) is 0 Å². The van der Waals surface area contributed by atoms with Gasteiger partial charge >= 0.3 is 0 Å². The molecular formula is C18H14ClFO. The molecule has 0 aliphatic carbocycles. The summed E-state index contributed by atoms with van der Waals surface area (Å²) in [5.74, 6) is -0.396. The molecule has 3 aromatic carbocycles. The highest BCUT2D eigenvalue weighted by Gasteiger charge is 2.13. The van der Waals surface area contributed by atoms with Crippen LogP contribution >= 0.6 is 11.6 Å². The summed E-state index contributed by atoms with van der Waals surface area (Å²) < 4.78 is 13.3. The number of fused-ring (bicyclic) bond motifs is 1. The van der Waals surface area contributed by atoms with E-state index < -0.39 is 11.9 Å². The van der Waals surface area contributed by atoms with Gasteiger partial charge in [0.25, 0.3) is 0 Å². The molecule has 3 aromatic rings. The van der Waals surface area contributed by atoms with Crippen LogP contribution in [0.4, 0.5) is 4.39 Å². The van der Waals surface area contributed by atoms with Crippen LogP contribution in [0.15, 0.2) is 60.7 Å². The average Bonchev–Trinajstić information content (AvgIpc) is 2.49. The highest BCUT2D eigenvalue weighted by Crippen LogP contribution is 2.27. The fraction of sp³-hybridized carbons (Fsp3) is 0.111. The monoisotopic (exact) mass is 300 g/mol. The van der Waals surface area contributed by atoms with E-state index in [0.717, 1.165) is 16.3 Å². The van der Waals surface area contributed by atoms with E-state index >= 15 is 0 Å². The summed E-state index contributed by atoms with van der Waals surface area (Å²) in [6.45, 7) is 0. The maximum Gasteiger partial charge on any atom is 0.123 e. The number of hydrogen-bond donors (Lipinski definition) is 1. The lowest BCUT2D eigenvalue weighted by Gasteiger charge is -2.13. The Morgan fingerprint density at radius 2 is 1.71 bits per heavy atom. The van der Waals surface area contributed by atoms with Gasteiger partial charge in [0, 0.05) is 17.0 Å². The lowest BCUT2D eigenvalue weighted by atomic mass is 9.99. The summed E-state index contributed by atoms with van der Waals surface area (Å²) in [5, 5.41) is 12.9. The molecule has 0 aliphatic rings. The summed E-state index contributed by atoms with van der Waals surface area (Å²) >= 11 is 6.03. The molecule has 1 atom stereocenters. The van der Waals surface area contributed by atoms with Gasteiger partial charge in [0.05, 0.1) is 6.10 Å². The van der Waals surface area contributed by atoms with Crippen molar-refractivity contribution in [2.24, 2.45) is 0 Å². The summed E-state index contributed by atoms with van der Waals surface area (Å²) in [6, 6.07) is 18.1. The SMILES string of the molecule is OC(Cc1ccc2ccccc2c1)c1cc(F)ccc1Cl. The summed E-state index contributed by atoms with van der Waals surface area (Å²) in [6.07, 6.45) is -0.428. The van der Waals surface area contributed by atoms with E-state index in [1.807, 2.05) is 42.5 Å². The zero-order chi connectivity index (χ0) is 14.8. The van der Waals surface area contributed by atoms with Crippen LogP contribution in [0.3, 0.4) is 0 Å². The van der Waals surface area contributed by atoms with Crippen molar-refractivity contribution in [2.45, 2.75) is 12.5 Å². The lowest BCUT2D eigenvalue weighted by molar-refractivity contribution is 0.178. The number of hydrogen-bond acceptors (Lipinski definition) is 1. The van der Waals surface area contributed by atoms with Crippen LogP contribution in [0.1, 0.15) is 17.2 Å². The van der Waals surface area contributed by atoms with Crippen LogP contribution in [0.5, 0.6) is 0 Å². The quantitative estimate of drug-likeness (QED) is 0.729. The smallest absolute Gasteiger partial charge is 0.123 e. The zero-order valence-electron chi connectivity index (χ0n) is 11.3. The minimum atomic E-state index is -0.825. The maximum atomic E-state index is 13.3. The van der Waals surface area contributed by atoms with Crippen molar-refractivity contribution in [1.82, 2.24) is 0 Å². The van der Waals surface area contributed by atoms with Crippen molar-refractivity contribution in [3.8, 4) is 0 Å². The Hall–Kier alpha value is -1.90. The molecule has 3 heteroatoms. The van der Waals surface area contributed by atoms with E-state index in [0.29, 0.717) is 17.0 Å². The van der Waals surface area contributed by atoms with Gasteiger partial charge in [-0.3, -0.25) is 0 Å². The molecule has 0 bridgehead atoms. The molecule has 0 amide bonds. The molecule has 0 saturated carbocycles. The van der Waals surface area contributed by atoms with Crippen molar-refractivity contribution in [2.75, 3.05) is 0 Å². The second-order valence-corrected chi connectivity index (χ2v) is 5.47. The number of benzene rings is 3. The Morgan fingerprint density at radius 1 is 0.952 bits per heavy atom. The molecule has 21 heavy (non-hydrogen) atoms. The van der Waals surface area contributed by atoms with Crippen LogP contribution in [0.2, 0.25) is 5.02 Å². The molecule has 0 radical (unpaired) electrons. The van der Waals surface area contributed by atoms with Gasteiger partial charge in [-0.05, 0) is 34.5 Å². The molecule has 0 aromatic heterocycles. The highest BCUT2D eigenvalue weighted by atomic mass is 35.5. The molecule has 1 nitrogen and oxygen atoms in total. The Kier molecular flexibility index (Phi) is 3.91. The van der Waals surface area contributed by atoms with Crippen LogP contribution in [-0.4, -0.2) is 5.11 Å². The van der Waals surface area contributed by atoms with E-state index in [-0.39, 0.29) is 0 Å². The van der Waals surface area contributed by atoms with Gasteiger partial charge in [-0.1, -0.05) is 54.1 Å². The second kappa shape index (κ2) is 5.84. The van der Waals surface area contributed by atoms with E-state index in [9.17, 15) is 9.50 Å². The lowest BCUT2D eigenvalue weighted by Crippen LogP contribution is -2.03. The Bertz CT molecular complexity index is 785. The minimum absolute atomic E-state index is 0.379. The molecule has 0 heterocycles. The molecule has 0 saturated heterocycles. The first-order chi connectivity index (χ1) is 10.1. The van der Waals surface area contributed by atoms with Gasteiger partial charge in [-0.25, -0.2) is 4.39 Å². The van der Waals surface area contributed by atoms with Gasteiger partial charge < -0.3 is 5.11 Å². The Balaban J connectivity index is 1.88. The molecule has 106 valence electrons. The Morgan fingerprint density at radius 3 is 2.52 bits per heavy atom. The average molecular weight is 301 g/mol. The number of rotatable bonds is 3. The Labute approximate surface area is 127 Å². The van der Waals surface area contributed by atoms with E-state index in [2.05, 4.69) is 0 Å². The maximum absolute atomic E-state index is 13.3. The summed E-state index contributed by atoms with van der Waals surface area (Å²) in [4.78, 5) is 0. The summed E-state index contributed by atoms with van der Waals surface area (Å²) in [5.41, 5.74) is 1.41. The largest absolute Gasteiger partial charge is 0.388 e. The molecule has 1 unspecified atom stereocenters. The van der Waals surface area contributed by atoms with E-state index in [1.165, 1.54) is 18.2 Å². The summed E-state index contributed by atoms with van der Waals surface area (Å²) in [7, 11) is 0. The number of aliphatic hydroxyl groups is 1. The van der Waals surface area contributed by atoms with Crippen LogP contribution in [0.25, 0.3) is 10.8 Å². The molecule has 0 fully saturated rings. The van der Waals surface area contributed by atoms with Gasteiger partial charge in [0.1, 0.15) is 5.82 Å². The predicted octanol–water partition coefficient (Wildman–Crippen LogP) is 4.91. The van der Waals surface area contributed by atoms with Gasteiger partial charge in [0.15, 0.2) is 0 Å². The van der Waals surface area contributed by atoms with Crippen LogP contribution in [0, 0.1) is 5.82 Å². The topological polar surface area (TPSA) is 20.2 Å². The fourth-order valence-corrected chi connectivity index (χ4v) is 2.71. The first-order valence-corrected chi connectivity index (χ1v) is 7.12. The van der Waals surface area contributed by atoms with Crippen LogP contribution in [-0.2, 0) is 6.42 Å². The molecule has 0 aliphatic heterocycles. The van der Waals surface area contributed by atoms with Crippen molar-refractivity contribution in [3.63, 3.8) is 0 Å². The van der Waals surface area contributed by atoms with Gasteiger partial charge in [-0.2, -0.15) is 0 Å². The standard InChI is InChI=1S/C18H14ClFO/c19-17-8-7-15(20)11-16(17)18(21)10-12-5-6-13-3-1-2-4-14(13)9-12/h1-9,11,18,21H,10H2. The molecule has 0 spiro atoms. The third-order valence-electron chi connectivity index (χ3n) is 3.56. The van der Waals surface area contributed by atoms with Gasteiger partial charge in [0.2, 0.25) is 0 Å². The van der Waals surface area contributed by atoms with Crippen molar-refractivity contribution in [3.05, 3.63) is 82.6 Å². The predicted molar refractivity (Wildman–Crippen MR) is 84.0 cm³/mol. The first-order valence-electron chi connectivity index (χ1n) is 6.74. The fourth-order valence-electron chi connectivity index (χ4n) is 2.47. The molecule has 3 rings (SSSR count). The highest BCUT2D eigenvalue weighted by molar-refractivity contribution is 6.31. The van der Waals surface area contributed by atoms with Crippen molar-refractivity contribution < 1.29 is 9.50 Å². The number of halogens is 2. The molecule has 1 N–H and O–H groups in total. The number of aliphatic hydroxyl groups excluding tert-OH is 1. The van der Waals surface area contributed by atoms with E-state index in [1.54, 1.807) is 0 Å². The van der Waals surface area contributed by atoms with Crippen molar-refractivity contribution >= 4 is 22.4 Å².